The Morgan fingerprint density at radius 1 is 0.967 bits per heavy atom. The molecular weight excluding hydrogens is 376 g/mol. The van der Waals surface area contributed by atoms with Crippen molar-refractivity contribution in [2.45, 2.75) is 83.8 Å². The molecule has 2 saturated carbocycles. The van der Waals surface area contributed by atoms with E-state index in [0.29, 0.717) is 30.0 Å². The Kier molecular flexibility index (Phi) is 5.72. The molecule has 0 bridgehead atoms. The lowest BCUT2D eigenvalue weighted by atomic mass is 9.66. The first-order chi connectivity index (χ1) is 14.5. The van der Waals surface area contributed by atoms with Crippen molar-refractivity contribution in [3.63, 3.8) is 0 Å². The number of fused-ring (bicyclic) bond motifs is 3. The van der Waals surface area contributed by atoms with E-state index >= 15 is 0 Å². The number of carbonyl (C=O) groups excluding carboxylic acids is 2. The molecule has 0 amide bonds. The first-order valence-electron chi connectivity index (χ1n) is 12.7. The van der Waals surface area contributed by atoms with Crippen LogP contribution in [0.4, 0.5) is 0 Å². The number of ether oxygens (including phenoxy) is 1. The summed E-state index contributed by atoms with van der Waals surface area (Å²) in [5.74, 6) is 1.78. The van der Waals surface area contributed by atoms with Crippen molar-refractivity contribution < 1.29 is 14.3 Å². The van der Waals surface area contributed by atoms with Gasteiger partial charge in [-0.2, -0.15) is 0 Å². The Labute approximate surface area is 181 Å². The molecule has 2 unspecified atom stereocenters. The number of Topliss-reactive ketones (excluding diaryl/α,β-unsaturated/α-hetero) is 1. The summed E-state index contributed by atoms with van der Waals surface area (Å²) >= 11 is 0. The van der Waals surface area contributed by atoms with Crippen molar-refractivity contribution in [2.24, 2.45) is 29.1 Å². The van der Waals surface area contributed by atoms with E-state index in [1.165, 1.54) is 51.6 Å². The largest absolute Gasteiger partial charge is 0.460 e. The number of carbonyl (C=O) groups is 2. The monoisotopic (exact) mass is 416 g/mol. The van der Waals surface area contributed by atoms with Gasteiger partial charge in [-0.25, -0.2) is 0 Å². The van der Waals surface area contributed by atoms with Crippen molar-refractivity contribution in [2.75, 3.05) is 32.7 Å². The number of nitrogens with zero attached hydrogens (tertiary/aromatic N) is 2. The van der Waals surface area contributed by atoms with Gasteiger partial charge in [0.15, 0.2) is 0 Å². The average Bonchev–Trinajstić information content (AvgIpc) is 3.18. The van der Waals surface area contributed by atoms with Gasteiger partial charge in [0.2, 0.25) is 0 Å². The van der Waals surface area contributed by atoms with Gasteiger partial charge in [0.25, 0.3) is 0 Å². The van der Waals surface area contributed by atoms with E-state index in [4.69, 9.17) is 4.74 Å². The number of hydrogen-bond donors (Lipinski definition) is 0. The Balaban J connectivity index is 1.42. The lowest BCUT2D eigenvalue weighted by Gasteiger charge is -2.40. The molecule has 5 heteroatoms. The third-order valence-electron chi connectivity index (χ3n) is 9.41. The second-order valence-corrected chi connectivity index (χ2v) is 11.2. The predicted octanol–water partition coefficient (Wildman–Crippen LogP) is 3.51. The van der Waals surface area contributed by atoms with Crippen LogP contribution in [0, 0.1) is 29.1 Å². The highest BCUT2D eigenvalue weighted by molar-refractivity contribution is 5.90. The van der Waals surface area contributed by atoms with Crippen molar-refractivity contribution in [3.05, 3.63) is 0 Å². The van der Waals surface area contributed by atoms with E-state index in [9.17, 15) is 9.59 Å². The van der Waals surface area contributed by atoms with Crippen LogP contribution in [0.15, 0.2) is 0 Å². The van der Waals surface area contributed by atoms with Crippen molar-refractivity contribution in [3.8, 4) is 0 Å². The van der Waals surface area contributed by atoms with Gasteiger partial charge in [-0.3, -0.25) is 14.5 Å². The smallest absolute Gasteiger partial charge is 0.324 e. The zero-order valence-electron chi connectivity index (χ0n) is 19.0. The molecule has 30 heavy (non-hydrogen) atoms. The molecule has 5 aliphatic rings. The third-order valence-corrected chi connectivity index (χ3v) is 9.41. The van der Waals surface area contributed by atoms with Gasteiger partial charge in [0.1, 0.15) is 17.9 Å². The number of ketones is 1. The average molecular weight is 417 g/mol. The summed E-state index contributed by atoms with van der Waals surface area (Å²) in [5, 5.41) is 0. The van der Waals surface area contributed by atoms with Crippen LogP contribution in [0.5, 0.6) is 0 Å². The van der Waals surface area contributed by atoms with Crippen LogP contribution >= 0.6 is 0 Å². The molecule has 3 aliphatic heterocycles. The number of rotatable bonds is 3. The zero-order valence-corrected chi connectivity index (χ0v) is 19.0. The van der Waals surface area contributed by atoms with E-state index in [0.717, 1.165) is 32.5 Å². The fourth-order valence-corrected chi connectivity index (χ4v) is 8.07. The summed E-state index contributed by atoms with van der Waals surface area (Å²) in [7, 11) is 0. The molecule has 5 fully saturated rings. The zero-order chi connectivity index (χ0) is 20.9. The summed E-state index contributed by atoms with van der Waals surface area (Å²) in [6, 6.07) is -0.119. The Morgan fingerprint density at radius 2 is 1.63 bits per heavy atom. The van der Waals surface area contributed by atoms with Crippen molar-refractivity contribution >= 4 is 11.8 Å². The fraction of sp³-hybridized carbons (Fsp3) is 0.920. The minimum absolute atomic E-state index is 0.0475. The van der Waals surface area contributed by atoms with Crippen molar-refractivity contribution in [1.82, 2.24) is 9.80 Å². The van der Waals surface area contributed by atoms with E-state index in [1.54, 1.807) is 0 Å². The highest BCUT2D eigenvalue weighted by Gasteiger charge is 2.65. The summed E-state index contributed by atoms with van der Waals surface area (Å²) < 4.78 is 6.17. The molecule has 2 aliphatic carbocycles. The molecule has 0 aromatic rings. The summed E-state index contributed by atoms with van der Waals surface area (Å²) in [4.78, 5) is 31.7. The second kappa shape index (κ2) is 8.20. The van der Waals surface area contributed by atoms with Gasteiger partial charge < -0.3 is 9.64 Å². The van der Waals surface area contributed by atoms with Crippen LogP contribution in [-0.2, 0) is 14.3 Å². The molecule has 5 rings (SSSR count). The molecule has 7 atom stereocenters. The maximum absolute atomic E-state index is 13.6. The molecule has 0 aromatic carbocycles. The molecule has 0 radical (unpaired) electrons. The van der Waals surface area contributed by atoms with Crippen LogP contribution < -0.4 is 0 Å². The van der Waals surface area contributed by atoms with Crippen molar-refractivity contribution in [1.29, 1.82) is 0 Å². The summed E-state index contributed by atoms with van der Waals surface area (Å²) in [5.41, 5.74) is -0.499. The first-order valence-corrected chi connectivity index (χ1v) is 12.7. The highest BCUT2D eigenvalue weighted by atomic mass is 16.6. The highest BCUT2D eigenvalue weighted by Crippen LogP contribution is 2.58. The van der Waals surface area contributed by atoms with Gasteiger partial charge in [0, 0.05) is 18.9 Å². The maximum atomic E-state index is 13.6. The number of hydrogen-bond acceptors (Lipinski definition) is 5. The number of piperidine rings is 2. The third kappa shape index (κ3) is 3.35. The van der Waals surface area contributed by atoms with Crippen LogP contribution in [0.3, 0.4) is 0 Å². The van der Waals surface area contributed by atoms with Crippen LogP contribution in [0.1, 0.15) is 71.6 Å². The fourth-order valence-electron chi connectivity index (χ4n) is 8.07. The van der Waals surface area contributed by atoms with Gasteiger partial charge in [-0.15, -0.1) is 0 Å². The van der Waals surface area contributed by atoms with Crippen LogP contribution in [-0.4, -0.2) is 66.4 Å². The molecule has 168 valence electrons. The summed E-state index contributed by atoms with van der Waals surface area (Å²) in [6.45, 7) is 9.96. The van der Waals surface area contributed by atoms with Gasteiger partial charge in [-0.1, -0.05) is 19.8 Å². The first kappa shape index (κ1) is 20.9. The van der Waals surface area contributed by atoms with Gasteiger partial charge in [0.05, 0.1) is 5.41 Å². The minimum Gasteiger partial charge on any atom is -0.460 e. The Bertz CT molecular complexity index is 669. The molecule has 5 nitrogen and oxygen atoms in total. The lowest BCUT2D eigenvalue weighted by Crippen LogP contribution is -2.49. The maximum Gasteiger partial charge on any atom is 0.324 e. The van der Waals surface area contributed by atoms with E-state index in [1.807, 2.05) is 0 Å². The van der Waals surface area contributed by atoms with E-state index < -0.39 is 5.41 Å². The van der Waals surface area contributed by atoms with E-state index in [-0.39, 0.29) is 24.0 Å². The second-order valence-electron chi connectivity index (χ2n) is 11.2. The molecular formula is C25H40N2O3. The number of esters is 1. The standard InChI is InChI=1S/C25H40N2O3/c1-17-9-10-19-22(27-13-7-4-8-14-27)24(29)30-23(19)25(2)20(28)15-18(21(17)25)16-26-11-5-3-6-12-26/h17-19,21-23H,3-16H2,1-2H3/t17-,18?,19-,21+,22?,23+,25+/m0/s1. The molecule has 0 aromatic heterocycles. The quantitative estimate of drug-likeness (QED) is 0.659. The van der Waals surface area contributed by atoms with Gasteiger partial charge in [-0.05, 0) is 89.4 Å². The molecule has 3 saturated heterocycles. The van der Waals surface area contributed by atoms with Crippen LogP contribution in [0.25, 0.3) is 0 Å². The normalized spacial score (nSPS) is 45.7. The topological polar surface area (TPSA) is 49.9 Å². The van der Waals surface area contributed by atoms with E-state index in [2.05, 4.69) is 23.6 Å². The molecule has 0 spiro atoms. The Morgan fingerprint density at radius 3 is 2.33 bits per heavy atom. The molecule has 0 N–H and O–H groups in total. The van der Waals surface area contributed by atoms with Crippen LogP contribution in [0.2, 0.25) is 0 Å². The molecule has 3 heterocycles. The Hall–Kier alpha value is -0.940. The lowest BCUT2D eigenvalue weighted by molar-refractivity contribution is -0.154. The SMILES string of the molecule is C[C@H]1CC[C@H]2C(N3CCCCC3)C(=O)O[C@H]2[C@]2(C)C(=O)CC(CN3CCCCC3)[C@@H]12. The number of likely N-dealkylation sites (tertiary alicyclic amines) is 2. The van der Waals surface area contributed by atoms with Gasteiger partial charge >= 0.3 is 5.97 Å². The predicted molar refractivity (Wildman–Crippen MR) is 116 cm³/mol. The minimum atomic E-state index is -0.499. The summed E-state index contributed by atoms with van der Waals surface area (Å²) in [6.07, 6.45) is 10.1.